The van der Waals surface area contributed by atoms with Gasteiger partial charge in [0.1, 0.15) is 6.61 Å². The average molecular weight is 317 g/mol. The van der Waals surface area contributed by atoms with Gasteiger partial charge in [-0.25, -0.2) is 4.79 Å². The summed E-state index contributed by atoms with van der Waals surface area (Å²) < 4.78 is 17.4. The number of ether oxygens (including phenoxy) is 1. The third kappa shape index (κ3) is 3.24. The number of hydrogen-bond donors (Lipinski definition) is 1. The van der Waals surface area contributed by atoms with Crippen molar-refractivity contribution in [3.8, 4) is 0 Å². The molecule has 0 spiro atoms. The second-order valence-corrected chi connectivity index (χ2v) is 7.43. The Kier molecular flexibility index (Phi) is 3.93. The summed E-state index contributed by atoms with van der Waals surface area (Å²) >= 11 is 0. The highest BCUT2D eigenvalue weighted by atomic mass is 16.7. The molecule has 1 amide bonds. The van der Waals surface area contributed by atoms with Crippen molar-refractivity contribution in [1.82, 2.24) is 5.32 Å². The molecule has 0 atom stereocenters. The maximum atomic E-state index is 12.1. The molecule has 124 valence electrons. The fourth-order valence-corrected chi connectivity index (χ4v) is 2.59. The van der Waals surface area contributed by atoms with Crippen LogP contribution >= 0.6 is 0 Å². The van der Waals surface area contributed by atoms with Crippen molar-refractivity contribution < 1.29 is 18.8 Å². The molecule has 5 nitrogen and oxygen atoms in total. The largest absolute Gasteiger partial charge is 0.485 e. The van der Waals surface area contributed by atoms with Crippen LogP contribution in [0.25, 0.3) is 0 Å². The monoisotopic (exact) mass is 317 g/mol. The van der Waals surface area contributed by atoms with Gasteiger partial charge in [-0.2, -0.15) is 0 Å². The highest BCUT2D eigenvalue weighted by Crippen LogP contribution is 2.47. The van der Waals surface area contributed by atoms with E-state index in [2.05, 4.69) is 5.32 Å². The number of rotatable bonds is 4. The standard InChI is InChI=1S/C17H24BNO4/c1-15(2)16(3,4)23-18(22-15)17(10-11-17)19-14(20)21-12-13-8-6-5-7-9-13/h5-9H,10-12H2,1-4H3,(H,19,20). The minimum atomic E-state index is -0.460. The molecule has 1 saturated carbocycles. The molecule has 0 unspecified atom stereocenters. The molecule has 6 heteroatoms. The third-order valence-corrected chi connectivity index (χ3v) is 5.06. The van der Waals surface area contributed by atoms with Crippen molar-refractivity contribution in [3.63, 3.8) is 0 Å². The molecule has 1 aliphatic carbocycles. The molecule has 1 aromatic carbocycles. The van der Waals surface area contributed by atoms with Gasteiger partial charge in [-0.05, 0) is 46.1 Å². The molecule has 0 bridgehead atoms. The van der Waals surface area contributed by atoms with Crippen LogP contribution in [-0.2, 0) is 20.7 Å². The Labute approximate surface area is 137 Å². The molecule has 3 rings (SSSR count). The quantitative estimate of drug-likeness (QED) is 0.867. The summed E-state index contributed by atoms with van der Waals surface area (Å²) in [5.41, 5.74) is -0.298. The van der Waals surface area contributed by atoms with Crippen LogP contribution in [0.2, 0.25) is 0 Å². The summed E-state index contributed by atoms with van der Waals surface area (Å²) in [6, 6.07) is 9.62. The summed E-state index contributed by atoms with van der Waals surface area (Å²) in [5, 5.41) is 2.94. The molecular formula is C17H24BNO4. The molecule has 2 fully saturated rings. The van der Waals surface area contributed by atoms with E-state index in [0.717, 1.165) is 18.4 Å². The lowest BCUT2D eigenvalue weighted by molar-refractivity contribution is 0.00578. The lowest BCUT2D eigenvalue weighted by Crippen LogP contribution is -2.50. The van der Waals surface area contributed by atoms with Crippen LogP contribution in [0.1, 0.15) is 46.1 Å². The highest BCUT2D eigenvalue weighted by molar-refractivity contribution is 6.51. The molecule has 0 aromatic heterocycles. The highest BCUT2D eigenvalue weighted by Gasteiger charge is 2.65. The molecule has 1 N–H and O–H groups in total. The Morgan fingerprint density at radius 3 is 2.22 bits per heavy atom. The zero-order valence-corrected chi connectivity index (χ0v) is 14.2. The number of alkyl carbamates (subject to hydrolysis) is 1. The Bertz CT molecular complexity index is 568. The van der Waals surface area contributed by atoms with Crippen molar-refractivity contribution in [2.45, 2.75) is 63.8 Å². The molecule has 0 radical (unpaired) electrons. The average Bonchev–Trinajstić information content (AvgIpc) is 3.21. The molecule has 1 saturated heterocycles. The van der Waals surface area contributed by atoms with Gasteiger partial charge >= 0.3 is 13.2 Å². The normalized spacial score (nSPS) is 23.4. The van der Waals surface area contributed by atoms with E-state index in [1.54, 1.807) is 0 Å². The first-order valence-electron chi connectivity index (χ1n) is 8.09. The molecule has 1 heterocycles. The lowest BCUT2D eigenvalue weighted by Gasteiger charge is -2.32. The van der Waals surface area contributed by atoms with Crippen LogP contribution in [0.3, 0.4) is 0 Å². The van der Waals surface area contributed by atoms with Gasteiger partial charge in [-0.1, -0.05) is 30.3 Å². The minimum Gasteiger partial charge on any atom is -0.445 e. The number of carbonyl (C=O) groups is 1. The van der Waals surface area contributed by atoms with Crippen molar-refractivity contribution >= 4 is 13.2 Å². The second-order valence-electron chi connectivity index (χ2n) is 7.43. The van der Waals surface area contributed by atoms with Crippen molar-refractivity contribution in [2.75, 3.05) is 0 Å². The van der Waals surface area contributed by atoms with Gasteiger partial charge in [0.05, 0.1) is 16.6 Å². The maximum absolute atomic E-state index is 12.1. The van der Waals surface area contributed by atoms with Gasteiger partial charge in [0.2, 0.25) is 0 Å². The fourth-order valence-electron chi connectivity index (χ4n) is 2.59. The van der Waals surface area contributed by atoms with Crippen molar-refractivity contribution in [3.05, 3.63) is 35.9 Å². The van der Waals surface area contributed by atoms with Crippen LogP contribution in [-0.4, -0.2) is 29.9 Å². The predicted octanol–water partition coefficient (Wildman–Crippen LogP) is 3.08. The Balaban J connectivity index is 1.56. The van der Waals surface area contributed by atoms with E-state index in [1.165, 1.54) is 0 Å². The Morgan fingerprint density at radius 1 is 1.13 bits per heavy atom. The molecular weight excluding hydrogens is 293 g/mol. The van der Waals surface area contributed by atoms with Gasteiger partial charge in [0, 0.05) is 0 Å². The Hall–Kier alpha value is -1.53. The van der Waals surface area contributed by atoms with E-state index in [0.29, 0.717) is 0 Å². The van der Waals surface area contributed by atoms with E-state index in [4.69, 9.17) is 14.0 Å². The van der Waals surface area contributed by atoms with Gasteiger partial charge in [0.15, 0.2) is 0 Å². The van der Waals surface area contributed by atoms with Crippen LogP contribution in [0.15, 0.2) is 30.3 Å². The van der Waals surface area contributed by atoms with Gasteiger partial charge < -0.3 is 19.4 Å². The first-order valence-corrected chi connectivity index (χ1v) is 8.09. The van der Waals surface area contributed by atoms with E-state index in [1.807, 2.05) is 58.0 Å². The van der Waals surface area contributed by atoms with E-state index in [9.17, 15) is 4.79 Å². The van der Waals surface area contributed by atoms with E-state index >= 15 is 0 Å². The number of nitrogens with one attached hydrogen (secondary N) is 1. The number of amides is 1. The maximum Gasteiger partial charge on any atom is 0.485 e. The Morgan fingerprint density at radius 2 is 1.70 bits per heavy atom. The van der Waals surface area contributed by atoms with Gasteiger partial charge in [-0.3, -0.25) is 0 Å². The first-order chi connectivity index (χ1) is 10.7. The van der Waals surface area contributed by atoms with Crippen LogP contribution in [0.4, 0.5) is 4.79 Å². The number of hydrogen-bond acceptors (Lipinski definition) is 4. The molecule has 23 heavy (non-hydrogen) atoms. The van der Waals surface area contributed by atoms with E-state index < -0.39 is 29.9 Å². The lowest BCUT2D eigenvalue weighted by atomic mass is 9.75. The second kappa shape index (κ2) is 5.53. The summed E-state index contributed by atoms with van der Waals surface area (Å²) in [6.07, 6.45) is 1.25. The number of benzene rings is 1. The first kappa shape index (κ1) is 16.3. The number of carbonyl (C=O) groups excluding carboxylic acids is 1. The molecule has 2 aliphatic rings. The summed E-state index contributed by atoms with van der Waals surface area (Å²) in [4.78, 5) is 12.1. The minimum absolute atomic E-state index is 0.256. The predicted molar refractivity (Wildman–Crippen MR) is 87.8 cm³/mol. The summed E-state index contributed by atoms with van der Waals surface area (Å²) in [6.45, 7) is 8.30. The zero-order valence-electron chi connectivity index (χ0n) is 14.2. The molecule has 1 aromatic rings. The van der Waals surface area contributed by atoms with Crippen LogP contribution in [0.5, 0.6) is 0 Å². The smallest absolute Gasteiger partial charge is 0.445 e. The summed E-state index contributed by atoms with van der Waals surface area (Å²) in [7, 11) is -0.434. The van der Waals surface area contributed by atoms with Gasteiger partial charge in [0.25, 0.3) is 0 Å². The fraction of sp³-hybridized carbons (Fsp3) is 0.588. The third-order valence-electron chi connectivity index (χ3n) is 5.06. The topological polar surface area (TPSA) is 56.8 Å². The van der Waals surface area contributed by atoms with Crippen molar-refractivity contribution in [1.29, 1.82) is 0 Å². The van der Waals surface area contributed by atoms with Crippen molar-refractivity contribution in [2.24, 2.45) is 0 Å². The van der Waals surface area contributed by atoms with Crippen LogP contribution in [0, 0.1) is 0 Å². The SMILES string of the molecule is CC1(C)OB(C2(NC(=O)OCc3ccccc3)CC2)OC1(C)C. The zero-order chi connectivity index (χ0) is 16.7. The van der Waals surface area contributed by atoms with E-state index in [-0.39, 0.29) is 6.61 Å². The van der Waals surface area contributed by atoms with Gasteiger partial charge in [-0.15, -0.1) is 0 Å². The van der Waals surface area contributed by atoms with Crippen LogP contribution < -0.4 is 5.32 Å². The summed E-state index contributed by atoms with van der Waals surface area (Å²) in [5.74, 6) is 0. The molecule has 1 aliphatic heterocycles.